The number of quaternary nitrogens is 1. The molecule has 2 unspecified atom stereocenters. The predicted octanol–water partition coefficient (Wildman–Crippen LogP) is 8.32. The van der Waals surface area contributed by atoms with Gasteiger partial charge in [-0.2, -0.15) is 23.9 Å². The SMILES string of the molecule is Cc1ccc(S(=O)(=O)O[N+]2(c3ccc(C#N)cc3)c3nc(-c4ccccc4)c(-c4ccccc4)nc3N(c3ccc(C#N)cc3)C2C)cc1. The third kappa shape index (κ3) is 5.50. The highest BCUT2D eigenvalue weighted by Crippen LogP contribution is 2.54. The van der Waals surface area contributed by atoms with Gasteiger partial charge in [-0.3, -0.25) is 4.90 Å². The van der Waals surface area contributed by atoms with E-state index in [0.29, 0.717) is 39.7 Å². The molecule has 9 nitrogen and oxygen atoms in total. The minimum absolute atomic E-state index is 0.0213. The summed E-state index contributed by atoms with van der Waals surface area (Å²) in [4.78, 5) is 12.4. The Morgan fingerprint density at radius 3 is 1.73 bits per heavy atom. The third-order valence-corrected chi connectivity index (χ3v) is 9.86. The summed E-state index contributed by atoms with van der Waals surface area (Å²) in [6.07, 6.45) is -0.800. The van der Waals surface area contributed by atoms with Crippen LogP contribution >= 0.6 is 0 Å². The van der Waals surface area contributed by atoms with Crippen LogP contribution in [0.3, 0.4) is 0 Å². The highest BCUT2D eigenvalue weighted by atomic mass is 32.2. The van der Waals surface area contributed by atoms with Crippen molar-refractivity contribution in [1.82, 2.24) is 14.6 Å². The van der Waals surface area contributed by atoms with E-state index in [9.17, 15) is 18.9 Å². The lowest BCUT2D eigenvalue weighted by Crippen LogP contribution is -2.54. The number of hydroxylamine groups is 1. The number of rotatable bonds is 7. The van der Waals surface area contributed by atoms with Crippen molar-refractivity contribution in [2.45, 2.75) is 24.9 Å². The average Bonchev–Trinajstić information content (AvgIpc) is 3.38. The smallest absolute Gasteiger partial charge is 0.266 e. The highest BCUT2D eigenvalue weighted by Gasteiger charge is 2.60. The summed E-state index contributed by atoms with van der Waals surface area (Å²) in [6.45, 7) is 3.72. The molecular weight excluding hydrogens is 633 g/mol. The largest absolute Gasteiger partial charge is 0.344 e. The molecule has 2 heterocycles. The average molecular weight is 662 g/mol. The van der Waals surface area contributed by atoms with Crippen LogP contribution in [0.15, 0.2) is 138 Å². The topological polar surface area (TPSA) is 120 Å². The normalized spacial score (nSPS) is 16.8. The summed E-state index contributed by atoms with van der Waals surface area (Å²) >= 11 is 0. The van der Waals surface area contributed by atoms with Gasteiger partial charge in [-0.1, -0.05) is 87.3 Å². The minimum Gasteiger partial charge on any atom is -0.266 e. The third-order valence-electron chi connectivity index (χ3n) is 8.58. The second kappa shape index (κ2) is 12.5. The van der Waals surface area contributed by atoms with Gasteiger partial charge in [0.2, 0.25) is 12.0 Å². The molecular formula is C39H29N6O3S+. The van der Waals surface area contributed by atoms with E-state index in [1.165, 1.54) is 12.1 Å². The molecule has 0 bridgehead atoms. The molecule has 0 radical (unpaired) electrons. The lowest BCUT2D eigenvalue weighted by molar-refractivity contribution is -0.00818. The molecule has 7 rings (SSSR count). The lowest BCUT2D eigenvalue weighted by Gasteiger charge is -2.34. The van der Waals surface area contributed by atoms with Crippen LogP contribution in [-0.4, -0.2) is 24.6 Å². The van der Waals surface area contributed by atoms with Crippen molar-refractivity contribution >= 4 is 33.1 Å². The maximum atomic E-state index is 14.3. The second-order valence-corrected chi connectivity index (χ2v) is 13.1. The molecule has 0 amide bonds. The number of nitrogens with zero attached hydrogens (tertiary/aromatic N) is 6. The summed E-state index contributed by atoms with van der Waals surface area (Å²) in [7, 11) is -4.44. The summed E-state index contributed by atoms with van der Waals surface area (Å²) in [5.41, 5.74) is 5.56. The van der Waals surface area contributed by atoms with E-state index in [4.69, 9.17) is 14.3 Å². The zero-order valence-electron chi connectivity index (χ0n) is 26.6. The Kier molecular flexibility index (Phi) is 7.99. The fraction of sp³-hybridized carbons (Fsp3) is 0.0769. The van der Waals surface area contributed by atoms with Crippen LogP contribution in [0.1, 0.15) is 23.6 Å². The van der Waals surface area contributed by atoms with Crippen molar-refractivity contribution in [2.75, 3.05) is 4.90 Å². The van der Waals surface area contributed by atoms with Crippen LogP contribution in [0.25, 0.3) is 22.5 Å². The molecule has 5 aromatic carbocycles. The number of hydrogen-bond donors (Lipinski definition) is 0. The first-order chi connectivity index (χ1) is 23.7. The summed E-state index contributed by atoms with van der Waals surface area (Å²) in [5, 5.41) is 19.2. The van der Waals surface area contributed by atoms with Gasteiger partial charge < -0.3 is 0 Å². The fourth-order valence-electron chi connectivity index (χ4n) is 6.09. The van der Waals surface area contributed by atoms with Gasteiger partial charge >= 0.3 is 15.9 Å². The van der Waals surface area contributed by atoms with Crippen LogP contribution in [0.5, 0.6) is 0 Å². The van der Waals surface area contributed by atoms with Crippen molar-refractivity contribution in [1.29, 1.82) is 10.5 Å². The number of hydrogen-bond acceptors (Lipinski definition) is 8. The molecule has 2 atom stereocenters. The first-order valence-corrected chi connectivity index (χ1v) is 16.9. The van der Waals surface area contributed by atoms with Crippen LogP contribution < -0.4 is 9.55 Å². The molecule has 1 aliphatic heterocycles. The molecule has 0 saturated heterocycles. The van der Waals surface area contributed by atoms with E-state index in [0.717, 1.165) is 16.7 Å². The van der Waals surface area contributed by atoms with Crippen molar-refractivity contribution in [3.63, 3.8) is 0 Å². The maximum Gasteiger partial charge on any atom is 0.344 e. The van der Waals surface area contributed by atoms with E-state index in [1.807, 2.05) is 79.4 Å². The zero-order chi connectivity index (χ0) is 34.2. The van der Waals surface area contributed by atoms with E-state index < -0.39 is 20.9 Å². The number of anilines is 2. The van der Waals surface area contributed by atoms with Crippen molar-refractivity contribution in [3.05, 3.63) is 150 Å². The number of nitriles is 2. The van der Waals surface area contributed by atoms with Crippen LogP contribution in [0, 0.1) is 29.6 Å². The molecule has 0 spiro atoms. The Hall–Kier alpha value is -6.17. The quantitative estimate of drug-likeness (QED) is 0.157. The van der Waals surface area contributed by atoms with Gasteiger partial charge in [0.15, 0.2) is 5.69 Å². The highest BCUT2D eigenvalue weighted by molar-refractivity contribution is 7.86. The number of aryl methyl sites for hydroxylation is 1. The zero-order valence-corrected chi connectivity index (χ0v) is 27.4. The van der Waals surface area contributed by atoms with Crippen molar-refractivity contribution in [2.24, 2.45) is 0 Å². The van der Waals surface area contributed by atoms with Crippen LogP contribution in [-0.2, 0) is 14.4 Å². The molecule has 0 N–H and O–H groups in total. The summed E-state index contributed by atoms with van der Waals surface area (Å²) in [5.74, 6) is 0.606. The van der Waals surface area contributed by atoms with Crippen LogP contribution in [0.2, 0.25) is 0 Å². The van der Waals surface area contributed by atoms with Crippen LogP contribution in [0.4, 0.5) is 23.0 Å². The number of fused-ring (bicyclic) bond motifs is 1. The maximum absolute atomic E-state index is 14.3. The van der Waals surface area contributed by atoms with Gasteiger partial charge in [-0.25, -0.2) is 4.98 Å². The molecule has 49 heavy (non-hydrogen) atoms. The minimum atomic E-state index is -4.44. The predicted molar refractivity (Wildman–Crippen MR) is 188 cm³/mol. The van der Waals surface area contributed by atoms with E-state index in [2.05, 4.69) is 12.1 Å². The number of aromatic nitrogens is 2. The van der Waals surface area contributed by atoms with Gasteiger partial charge in [0, 0.05) is 35.9 Å². The Bertz CT molecular complexity index is 2350. The number of benzene rings is 5. The van der Waals surface area contributed by atoms with Gasteiger partial charge in [-0.05, 0) is 55.5 Å². The van der Waals surface area contributed by atoms with Gasteiger partial charge in [0.1, 0.15) is 5.69 Å². The molecule has 1 aromatic heterocycles. The van der Waals surface area contributed by atoms with E-state index in [1.54, 1.807) is 60.7 Å². The molecule has 238 valence electrons. The first-order valence-electron chi connectivity index (χ1n) is 15.5. The standard InChI is InChI=1S/C39H29N6O3S/c1-27-13-23-35(24-14-27)49(46,47)48-45(34-21-17-30(26-41)18-22-34)28(2)44(33-19-15-29(25-40)16-20-33)38-39(45)43-37(32-11-7-4-8-12-32)36(42-38)31-9-5-3-6-10-31/h3-24,28H,1-2H3/q+1. The van der Waals surface area contributed by atoms with E-state index in [-0.39, 0.29) is 10.7 Å². The lowest BCUT2D eigenvalue weighted by atomic mass is 10.0. The van der Waals surface area contributed by atoms with E-state index >= 15 is 0 Å². The molecule has 0 fully saturated rings. The Balaban J connectivity index is 1.58. The van der Waals surface area contributed by atoms with Crippen molar-refractivity contribution in [3.8, 4) is 34.7 Å². The van der Waals surface area contributed by atoms with Crippen molar-refractivity contribution < 1.29 is 12.7 Å². The van der Waals surface area contributed by atoms with Gasteiger partial charge in [0.25, 0.3) is 0 Å². The van der Waals surface area contributed by atoms with Gasteiger partial charge in [-0.15, -0.1) is 0 Å². The fourth-order valence-corrected chi connectivity index (χ4v) is 7.23. The molecule has 1 aliphatic rings. The Labute approximate surface area is 284 Å². The molecule has 0 saturated carbocycles. The monoisotopic (exact) mass is 661 g/mol. The Morgan fingerprint density at radius 2 is 1.20 bits per heavy atom. The molecule has 0 aliphatic carbocycles. The summed E-state index contributed by atoms with van der Waals surface area (Å²) < 4.78 is 34.4. The first kappa shape index (κ1) is 31.4. The Morgan fingerprint density at radius 1 is 0.694 bits per heavy atom. The second-order valence-electron chi connectivity index (χ2n) is 11.6. The summed E-state index contributed by atoms with van der Waals surface area (Å²) in [6, 6.07) is 43.6. The molecule has 6 aromatic rings. The molecule has 10 heteroatoms. The van der Waals surface area contributed by atoms with Gasteiger partial charge in [0.05, 0.1) is 33.9 Å².